The molecule has 33 heavy (non-hydrogen) atoms. The van der Waals surface area contributed by atoms with E-state index >= 15 is 0 Å². The van der Waals surface area contributed by atoms with Gasteiger partial charge in [-0.25, -0.2) is 0 Å². The SMILES string of the molecule is CC1CN(CC2CCN(CC(=O)N3c4ccccc4NC(=O)C34CCCC4)CC2)CC(C)O1. The molecule has 1 spiro atoms. The molecule has 1 aromatic rings. The molecule has 4 aliphatic rings. The van der Waals surface area contributed by atoms with Crippen LogP contribution >= 0.6 is 0 Å². The summed E-state index contributed by atoms with van der Waals surface area (Å²) in [5.41, 5.74) is 0.892. The molecule has 2 amide bonds. The van der Waals surface area contributed by atoms with Crippen molar-refractivity contribution in [2.45, 2.75) is 70.1 Å². The Morgan fingerprint density at radius 2 is 1.73 bits per heavy atom. The lowest BCUT2D eigenvalue weighted by Gasteiger charge is -2.45. The summed E-state index contributed by atoms with van der Waals surface area (Å²) in [7, 11) is 0. The van der Waals surface area contributed by atoms with Crippen LogP contribution in [-0.2, 0) is 14.3 Å². The van der Waals surface area contributed by atoms with Crippen molar-refractivity contribution in [2.24, 2.45) is 5.92 Å². The lowest BCUT2D eigenvalue weighted by molar-refractivity contribution is -0.128. The largest absolute Gasteiger partial charge is 0.373 e. The number of carbonyl (C=O) groups excluding carboxylic acids is 2. The molecule has 1 aromatic carbocycles. The minimum atomic E-state index is -0.715. The van der Waals surface area contributed by atoms with E-state index in [0.717, 1.165) is 82.6 Å². The van der Waals surface area contributed by atoms with Crippen molar-refractivity contribution in [3.05, 3.63) is 24.3 Å². The van der Waals surface area contributed by atoms with E-state index in [4.69, 9.17) is 4.74 Å². The molecule has 0 radical (unpaired) electrons. The fraction of sp³-hybridized carbons (Fsp3) is 0.692. The predicted octanol–water partition coefficient (Wildman–Crippen LogP) is 3.11. The summed E-state index contributed by atoms with van der Waals surface area (Å²) in [4.78, 5) is 33.5. The van der Waals surface area contributed by atoms with Crippen molar-refractivity contribution in [1.82, 2.24) is 9.80 Å². The molecule has 7 nitrogen and oxygen atoms in total. The molecule has 1 N–H and O–H groups in total. The number of likely N-dealkylation sites (tertiary alicyclic amines) is 1. The van der Waals surface area contributed by atoms with Crippen molar-refractivity contribution in [2.75, 3.05) is 49.5 Å². The smallest absolute Gasteiger partial charge is 0.250 e. The minimum absolute atomic E-state index is 0.0141. The lowest BCUT2D eigenvalue weighted by atomic mass is 9.89. The van der Waals surface area contributed by atoms with Crippen LogP contribution in [0.1, 0.15) is 52.4 Å². The van der Waals surface area contributed by atoms with Gasteiger partial charge in [-0.15, -0.1) is 0 Å². The van der Waals surface area contributed by atoms with Gasteiger partial charge in [0.1, 0.15) is 5.54 Å². The first kappa shape index (κ1) is 22.8. The molecule has 0 aromatic heterocycles. The second kappa shape index (κ2) is 9.35. The van der Waals surface area contributed by atoms with Crippen molar-refractivity contribution < 1.29 is 14.3 Å². The van der Waals surface area contributed by atoms with Gasteiger partial charge in [0.15, 0.2) is 0 Å². The number of amides is 2. The van der Waals surface area contributed by atoms with Gasteiger partial charge >= 0.3 is 0 Å². The van der Waals surface area contributed by atoms with E-state index in [2.05, 4.69) is 29.0 Å². The molecule has 3 aliphatic heterocycles. The van der Waals surface area contributed by atoms with Crippen LogP contribution in [0.15, 0.2) is 24.3 Å². The maximum absolute atomic E-state index is 13.7. The number of hydrogen-bond acceptors (Lipinski definition) is 5. The van der Waals surface area contributed by atoms with E-state index in [0.29, 0.717) is 24.7 Å². The maximum Gasteiger partial charge on any atom is 0.250 e. The van der Waals surface area contributed by atoms with Crippen LogP contribution < -0.4 is 10.2 Å². The Bertz CT molecular complexity index is 866. The first-order valence-corrected chi connectivity index (χ1v) is 12.8. The van der Waals surface area contributed by atoms with Crippen LogP contribution in [-0.4, -0.2) is 78.6 Å². The Labute approximate surface area is 197 Å². The van der Waals surface area contributed by atoms with E-state index in [1.807, 2.05) is 29.2 Å². The van der Waals surface area contributed by atoms with E-state index in [9.17, 15) is 9.59 Å². The Hall–Kier alpha value is -1.96. The van der Waals surface area contributed by atoms with Gasteiger partial charge < -0.3 is 10.1 Å². The lowest BCUT2D eigenvalue weighted by Crippen LogP contribution is -2.62. The molecule has 1 aliphatic carbocycles. The van der Waals surface area contributed by atoms with Crippen molar-refractivity contribution in [1.29, 1.82) is 0 Å². The first-order chi connectivity index (χ1) is 15.9. The van der Waals surface area contributed by atoms with Crippen LogP contribution in [0.25, 0.3) is 0 Å². The molecule has 1 saturated carbocycles. The Kier molecular flexibility index (Phi) is 6.47. The third kappa shape index (κ3) is 4.55. The highest BCUT2D eigenvalue weighted by molar-refractivity contribution is 6.15. The van der Waals surface area contributed by atoms with E-state index in [1.165, 1.54) is 0 Å². The second-order valence-electron chi connectivity index (χ2n) is 10.6. The van der Waals surface area contributed by atoms with Crippen LogP contribution in [0, 0.1) is 5.92 Å². The summed E-state index contributed by atoms with van der Waals surface area (Å²) in [6.07, 6.45) is 6.32. The third-order valence-electron chi connectivity index (χ3n) is 8.00. The normalized spacial score (nSPS) is 28.7. The Morgan fingerprint density at radius 1 is 1.06 bits per heavy atom. The number of hydrogen-bond donors (Lipinski definition) is 1. The number of para-hydroxylation sites is 2. The highest BCUT2D eigenvalue weighted by Gasteiger charge is 2.52. The molecule has 2 unspecified atom stereocenters. The molecule has 2 saturated heterocycles. The number of rotatable bonds is 4. The summed E-state index contributed by atoms with van der Waals surface area (Å²) < 4.78 is 5.88. The number of nitrogens with one attached hydrogen (secondary N) is 1. The Balaban J connectivity index is 1.22. The number of anilines is 2. The van der Waals surface area contributed by atoms with Gasteiger partial charge in [-0.2, -0.15) is 0 Å². The third-order valence-corrected chi connectivity index (χ3v) is 8.00. The topological polar surface area (TPSA) is 65.1 Å². The summed E-state index contributed by atoms with van der Waals surface area (Å²) in [6.45, 7) is 9.76. The number of benzene rings is 1. The van der Waals surface area contributed by atoms with Crippen molar-refractivity contribution >= 4 is 23.2 Å². The summed E-state index contributed by atoms with van der Waals surface area (Å²) in [5.74, 6) is 0.727. The Morgan fingerprint density at radius 3 is 2.42 bits per heavy atom. The van der Waals surface area contributed by atoms with Crippen LogP contribution in [0.2, 0.25) is 0 Å². The molecule has 180 valence electrons. The summed E-state index contributed by atoms with van der Waals surface area (Å²) >= 11 is 0. The predicted molar refractivity (Wildman–Crippen MR) is 129 cm³/mol. The van der Waals surface area contributed by atoms with Gasteiger partial charge in [0.05, 0.1) is 30.1 Å². The highest BCUT2D eigenvalue weighted by Crippen LogP contribution is 2.45. The maximum atomic E-state index is 13.7. The quantitative estimate of drug-likeness (QED) is 0.757. The molecule has 5 rings (SSSR count). The molecule has 0 bridgehead atoms. The van der Waals surface area contributed by atoms with Gasteiger partial charge in [0.25, 0.3) is 5.91 Å². The standard InChI is InChI=1S/C26H38N4O3/c1-19-15-29(16-20(2)33-19)17-21-9-13-28(14-10-21)18-24(31)30-23-8-4-3-7-22(23)27-25(32)26(30)11-5-6-12-26/h3-4,7-8,19-21H,5-6,9-18H2,1-2H3,(H,27,32). The van der Waals surface area contributed by atoms with E-state index in [-0.39, 0.29) is 11.8 Å². The van der Waals surface area contributed by atoms with Crippen LogP contribution in [0.3, 0.4) is 0 Å². The number of ether oxygens (including phenoxy) is 1. The van der Waals surface area contributed by atoms with E-state index in [1.54, 1.807) is 0 Å². The zero-order chi connectivity index (χ0) is 23.0. The molecular weight excluding hydrogens is 416 g/mol. The van der Waals surface area contributed by atoms with Crippen molar-refractivity contribution in [3.63, 3.8) is 0 Å². The zero-order valence-corrected chi connectivity index (χ0v) is 20.1. The number of piperidine rings is 1. The fourth-order valence-electron chi connectivity index (χ4n) is 6.52. The number of nitrogens with zero attached hydrogens (tertiary/aromatic N) is 3. The molecule has 2 atom stereocenters. The molecule has 3 heterocycles. The number of morpholine rings is 1. The number of fused-ring (bicyclic) bond motifs is 1. The first-order valence-electron chi connectivity index (χ1n) is 12.8. The van der Waals surface area contributed by atoms with Gasteiger partial charge in [-0.05, 0) is 70.7 Å². The molecular formula is C26H38N4O3. The summed E-state index contributed by atoms with van der Waals surface area (Å²) in [6, 6.07) is 7.74. The van der Waals surface area contributed by atoms with Gasteiger partial charge in [0.2, 0.25) is 5.91 Å². The van der Waals surface area contributed by atoms with Gasteiger partial charge in [-0.3, -0.25) is 24.3 Å². The van der Waals surface area contributed by atoms with Crippen LogP contribution in [0.5, 0.6) is 0 Å². The fourth-order valence-corrected chi connectivity index (χ4v) is 6.52. The second-order valence-corrected chi connectivity index (χ2v) is 10.6. The zero-order valence-electron chi connectivity index (χ0n) is 20.1. The van der Waals surface area contributed by atoms with Gasteiger partial charge in [0, 0.05) is 19.6 Å². The average Bonchev–Trinajstić information content (AvgIpc) is 3.25. The van der Waals surface area contributed by atoms with Crippen molar-refractivity contribution in [3.8, 4) is 0 Å². The monoisotopic (exact) mass is 454 g/mol. The van der Waals surface area contributed by atoms with E-state index < -0.39 is 5.54 Å². The van der Waals surface area contributed by atoms with Gasteiger partial charge in [-0.1, -0.05) is 25.0 Å². The molecule has 7 heteroatoms. The van der Waals surface area contributed by atoms with Crippen LogP contribution in [0.4, 0.5) is 11.4 Å². The highest BCUT2D eigenvalue weighted by atomic mass is 16.5. The number of carbonyl (C=O) groups is 2. The summed E-state index contributed by atoms with van der Waals surface area (Å²) in [5, 5.41) is 3.07. The molecule has 3 fully saturated rings. The average molecular weight is 455 g/mol. The minimum Gasteiger partial charge on any atom is -0.373 e.